The molecule has 0 atom stereocenters. The summed E-state index contributed by atoms with van der Waals surface area (Å²) in [7, 11) is -3.61. The van der Waals surface area contributed by atoms with Crippen molar-refractivity contribution in [1.82, 2.24) is 4.72 Å². The maximum absolute atomic E-state index is 12.0. The van der Waals surface area contributed by atoms with Crippen LogP contribution in [-0.4, -0.2) is 21.6 Å². The Bertz CT molecular complexity index is 766. The van der Waals surface area contributed by atoms with E-state index in [0.717, 1.165) is 0 Å². The van der Waals surface area contributed by atoms with Gasteiger partial charge in [-0.05, 0) is 48.5 Å². The Kier molecular flexibility index (Phi) is 5.39. The summed E-state index contributed by atoms with van der Waals surface area (Å²) in [4.78, 5) is 0.109. The van der Waals surface area contributed by atoms with Gasteiger partial charge in [-0.25, -0.2) is 13.1 Å². The number of sulfonamides is 1. The van der Waals surface area contributed by atoms with Crippen LogP contribution in [0.2, 0.25) is 5.02 Å². The van der Waals surface area contributed by atoms with Crippen molar-refractivity contribution in [3.05, 3.63) is 59.1 Å². The highest BCUT2D eigenvalue weighted by atomic mass is 35.5. The van der Waals surface area contributed by atoms with Crippen LogP contribution in [0.4, 0.5) is 0 Å². The zero-order valence-corrected chi connectivity index (χ0v) is 13.1. The summed E-state index contributed by atoms with van der Waals surface area (Å²) in [6, 6.07) is 14.4. The molecule has 2 aromatic carbocycles. The summed E-state index contributed by atoms with van der Waals surface area (Å²) in [5.74, 6) is 0.613. The van der Waals surface area contributed by atoms with E-state index in [-0.39, 0.29) is 18.0 Å². The molecular formula is C15H13ClN2O3S. The monoisotopic (exact) mass is 336 g/mol. The Morgan fingerprint density at radius 1 is 1.09 bits per heavy atom. The molecule has 0 saturated heterocycles. The summed E-state index contributed by atoms with van der Waals surface area (Å²) in [6.45, 7) is 0.322. The first-order chi connectivity index (χ1) is 10.5. The second-order valence-corrected chi connectivity index (χ2v) is 6.54. The molecule has 22 heavy (non-hydrogen) atoms. The molecule has 2 aromatic rings. The van der Waals surface area contributed by atoms with Crippen LogP contribution >= 0.6 is 11.6 Å². The predicted octanol–water partition coefficient (Wildman–Crippen LogP) is 2.57. The fourth-order valence-corrected chi connectivity index (χ4v) is 2.81. The van der Waals surface area contributed by atoms with Gasteiger partial charge in [0.1, 0.15) is 12.4 Å². The molecule has 114 valence electrons. The van der Waals surface area contributed by atoms with Crippen LogP contribution in [0.15, 0.2) is 53.4 Å². The third-order valence-corrected chi connectivity index (χ3v) is 4.50. The molecule has 0 saturated carbocycles. The van der Waals surface area contributed by atoms with Crippen molar-refractivity contribution in [2.24, 2.45) is 0 Å². The summed E-state index contributed by atoms with van der Waals surface area (Å²) in [5, 5.41) is 9.30. The molecule has 2 rings (SSSR count). The Labute approximate surface area is 134 Å². The smallest absolute Gasteiger partial charge is 0.240 e. The standard InChI is InChI=1S/C15H13ClN2O3S/c16-13-3-5-14(6-4-13)21-10-9-18-22(19,20)15-7-1-12(11-17)2-8-15/h1-8,18H,9-10H2. The van der Waals surface area contributed by atoms with Crippen molar-refractivity contribution in [1.29, 1.82) is 5.26 Å². The lowest BCUT2D eigenvalue weighted by atomic mass is 10.2. The number of hydrogen-bond acceptors (Lipinski definition) is 4. The van der Waals surface area contributed by atoms with Crippen molar-refractivity contribution in [2.75, 3.05) is 13.2 Å². The van der Waals surface area contributed by atoms with Crippen LogP contribution in [-0.2, 0) is 10.0 Å². The third kappa shape index (κ3) is 4.46. The molecule has 0 fully saturated rings. The summed E-state index contributed by atoms with van der Waals surface area (Å²) in [5.41, 5.74) is 0.407. The predicted molar refractivity (Wildman–Crippen MR) is 83.3 cm³/mol. The number of benzene rings is 2. The summed E-state index contributed by atoms with van der Waals surface area (Å²) in [6.07, 6.45) is 0. The van der Waals surface area contributed by atoms with E-state index in [1.165, 1.54) is 24.3 Å². The highest BCUT2D eigenvalue weighted by Gasteiger charge is 2.13. The zero-order valence-electron chi connectivity index (χ0n) is 11.5. The van der Waals surface area contributed by atoms with E-state index in [0.29, 0.717) is 16.3 Å². The molecular weight excluding hydrogens is 324 g/mol. The molecule has 0 heterocycles. The lowest BCUT2D eigenvalue weighted by Gasteiger charge is -2.08. The summed E-state index contributed by atoms with van der Waals surface area (Å²) >= 11 is 5.75. The first kappa shape index (κ1) is 16.3. The Hall–Kier alpha value is -2.07. The molecule has 7 heteroatoms. The SMILES string of the molecule is N#Cc1ccc(S(=O)(=O)NCCOc2ccc(Cl)cc2)cc1. The van der Waals surface area contributed by atoms with Crippen molar-refractivity contribution in [3.8, 4) is 11.8 Å². The Morgan fingerprint density at radius 3 is 2.32 bits per heavy atom. The van der Waals surface area contributed by atoms with Gasteiger partial charge in [-0.2, -0.15) is 5.26 Å². The third-order valence-electron chi connectivity index (χ3n) is 2.77. The van der Waals surface area contributed by atoms with E-state index >= 15 is 0 Å². The number of hydrogen-bond donors (Lipinski definition) is 1. The van der Waals surface area contributed by atoms with E-state index < -0.39 is 10.0 Å². The van der Waals surface area contributed by atoms with Gasteiger partial charge < -0.3 is 4.74 Å². The van der Waals surface area contributed by atoms with Crippen molar-refractivity contribution in [3.63, 3.8) is 0 Å². The highest BCUT2D eigenvalue weighted by molar-refractivity contribution is 7.89. The van der Waals surface area contributed by atoms with Crippen LogP contribution in [0.3, 0.4) is 0 Å². The molecule has 0 aliphatic heterocycles. The van der Waals surface area contributed by atoms with Crippen LogP contribution in [0.5, 0.6) is 5.75 Å². The van der Waals surface area contributed by atoms with E-state index in [1.807, 2.05) is 6.07 Å². The number of rotatable bonds is 6. The normalized spacial score (nSPS) is 10.9. The minimum absolute atomic E-state index is 0.109. The van der Waals surface area contributed by atoms with Gasteiger partial charge in [0.25, 0.3) is 0 Å². The lowest BCUT2D eigenvalue weighted by molar-refractivity contribution is 0.323. The molecule has 0 radical (unpaired) electrons. The van der Waals surface area contributed by atoms with Gasteiger partial charge >= 0.3 is 0 Å². The number of nitrogens with one attached hydrogen (secondary N) is 1. The Balaban J connectivity index is 1.87. The molecule has 1 N–H and O–H groups in total. The number of ether oxygens (including phenoxy) is 1. The molecule has 0 aromatic heterocycles. The van der Waals surface area contributed by atoms with Gasteiger partial charge in [-0.15, -0.1) is 0 Å². The molecule has 0 spiro atoms. The maximum atomic E-state index is 12.0. The average molecular weight is 337 g/mol. The quantitative estimate of drug-likeness (QED) is 0.822. The fraction of sp³-hybridized carbons (Fsp3) is 0.133. The largest absolute Gasteiger partial charge is 0.492 e. The minimum atomic E-state index is -3.61. The molecule has 0 aliphatic rings. The number of halogens is 1. The van der Waals surface area contributed by atoms with Gasteiger partial charge in [0.15, 0.2) is 0 Å². The zero-order chi connectivity index (χ0) is 16.0. The molecule has 0 bridgehead atoms. The van der Waals surface area contributed by atoms with Gasteiger partial charge in [-0.1, -0.05) is 11.6 Å². The molecule has 5 nitrogen and oxygen atoms in total. The van der Waals surface area contributed by atoms with E-state index in [4.69, 9.17) is 21.6 Å². The van der Waals surface area contributed by atoms with Gasteiger partial charge in [0.05, 0.1) is 16.5 Å². The molecule has 0 aliphatic carbocycles. The fourth-order valence-electron chi connectivity index (χ4n) is 1.67. The second kappa shape index (κ2) is 7.27. The maximum Gasteiger partial charge on any atom is 0.240 e. The first-order valence-electron chi connectivity index (χ1n) is 6.39. The van der Waals surface area contributed by atoms with Crippen molar-refractivity contribution < 1.29 is 13.2 Å². The van der Waals surface area contributed by atoms with Crippen LogP contribution in [0.1, 0.15) is 5.56 Å². The number of nitrogens with zero attached hydrogens (tertiary/aromatic N) is 1. The minimum Gasteiger partial charge on any atom is -0.492 e. The van der Waals surface area contributed by atoms with Gasteiger partial charge in [0.2, 0.25) is 10.0 Å². The highest BCUT2D eigenvalue weighted by Crippen LogP contribution is 2.15. The molecule has 0 amide bonds. The first-order valence-corrected chi connectivity index (χ1v) is 8.25. The second-order valence-electron chi connectivity index (χ2n) is 4.34. The number of nitriles is 1. The summed E-state index contributed by atoms with van der Waals surface area (Å²) < 4.78 is 31.9. The average Bonchev–Trinajstić information content (AvgIpc) is 2.53. The van der Waals surface area contributed by atoms with E-state index in [2.05, 4.69) is 4.72 Å². The van der Waals surface area contributed by atoms with Gasteiger partial charge in [-0.3, -0.25) is 0 Å². The van der Waals surface area contributed by atoms with Crippen LogP contribution < -0.4 is 9.46 Å². The van der Waals surface area contributed by atoms with Crippen molar-refractivity contribution >= 4 is 21.6 Å². The topological polar surface area (TPSA) is 79.2 Å². The lowest BCUT2D eigenvalue weighted by Crippen LogP contribution is -2.28. The Morgan fingerprint density at radius 2 is 1.73 bits per heavy atom. The van der Waals surface area contributed by atoms with Crippen LogP contribution in [0, 0.1) is 11.3 Å². The van der Waals surface area contributed by atoms with E-state index in [9.17, 15) is 8.42 Å². The van der Waals surface area contributed by atoms with E-state index in [1.54, 1.807) is 24.3 Å². The van der Waals surface area contributed by atoms with Crippen LogP contribution in [0.25, 0.3) is 0 Å². The van der Waals surface area contributed by atoms with Crippen molar-refractivity contribution in [2.45, 2.75) is 4.90 Å². The van der Waals surface area contributed by atoms with Gasteiger partial charge in [0, 0.05) is 11.6 Å². The molecule has 0 unspecified atom stereocenters.